The second-order valence-corrected chi connectivity index (χ2v) is 8.73. The number of amides is 1. The summed E-state index contributed by atoms with van der Waals surface area (Å²) in [6.45, 7) is 1.58. The van der Waals surface area contributed by atoms with Crippen molar-refractivity contribution in [3.8, 4) is 11.5 Å². The summed E-state index contributed by atoms with van der Waals surface area (Å²) < 4.78 is 36.0. The number of sulfonamides is 1. The van der Waals surface area contributed by atoms with Crippen molar-refractivity contribution >= 4 is 33.2 Å². The highest BCUT2D eigenvalue weighted by molar-refractivity contribution is 7.92. The Kier molecular flexibility index (Phi) is 7.75. The van der Waals surface area contributed by atoms with Crippen LogP contribution in [-0.4, -0.2) is 41.3 Å². The van der Waals surface area contributed by atoms with Gasteiger partial charge in [0, 0.05) is 5.02 Å². The van der Waals surface area contributed by atoms with Crippen molar-refractivity contribution < 1.29 is 22.7 Å². The zero-order valence-electron chi connectivity index (χ0n) is 16.8. The van der Waals surface area contributed by atoms with Gasteiger partial charge in [0.25, 0.3) is 0 Å². The minimum atomic E-state index is -3.66. The summed E-state index contributed by atoms with van der Waals surface area (Å²) in [5, 5.41) is 3.37. The van der Waals surface area contributed by atoms with Gasteiger partial charge in [0.2, 0.25) is 15.9 Å². The van der Waals surface area contributed by atoms with Gasteiger partial charge >= 0.3 is 0 Å². The number of ether oxygens (including phenoxy) is 2. The van der Waals surface area contributed by atoms with E-state index in [2.05, 4.69) is 5.32 Å². The largest absolute Gasteiger partial charge is 0.493 e. The van der Waals surface area contributed by atoms with Crippen molar-refractivity contribution in [1.29, 1.82) is 0 Å². The number of hydrogen-bond donors (Lipinski definition) is 1. The molecule has 0 aliphatic heterocycles. The maximum Gasteiger partial charge on any atom is 0.241 e. The maximum atomic E-state index is 12.7. The van der Waals surface area contributed by atoms with Crippen LogP contribution in [0.15, 0.2) is 42.5 Å². The minimum absolute atomic E-state index is 0.311. The van der Waals surface area contributed by atoms with Gasteiger partial charge in [-0.25, -0.2) is 8.42 Å². The van der Waals surface area contributed by atoms with Gasteiger partial charge in [-0.1, -0.05) is 24.6 Å². The molecule has 29 heavy (non-hydrogen) atoms. The second kappa shape index (κ2) is 9.84. The number of halogens is 1. The van der Waals surface area contributed by atoms with Gasteiger partial charge in [-0.05, 0) is 48.4 Å². The van der Waals surface area contributed by atoms with Crippen LogP contribution < -0.4 is 19.1 Å². The molecule has 1 atom stereocenters. The Morgan fingerprint density at radius 2 is 1.72 bits per heavy atom. The minimum Gasteiger partial charge on any atom is -0.493 e. The summed E-state index contributed by atoms with van der Waals surface area (Å²) >= 11 is 5.87. The predicted octanol–water partition coefficient (Wildman–Crippen LogP) is 3.39. The van der Waals surface area contributed by atoms with Crippen LogP contribution in [0, 0.1) is 0 Å². The molecule has 0 fully saturated rings. The molecule has 1 N–H and O–H groups in total. The number of nitrogens with one attached hydrogen (secondary N) is 1. The molecule has 2 aromatic rings. The van der Waals surface area contributed by atoms with Crippen LogP contribution in [0.25, 0.3) is 0 Å². The summed E-state index contributed by atoms with van der Waals surface area (Å²) in [5.41, 5.74) is 1.20. The number of benzene rings is 2. The van der Waals surface area contributed by atoms with Crippen LogP contribution in [0.5, 0.6) is 11.5 Å². The number of carbonyl (C=O) groups excluding carboxylic acids is 1. The van der Waals surface area contributed by atoms with Gasteiger partial charge in [-0.15, -0.1) is 0 Å². The molecule has 2 aromatic carbocycles. The molecule has 1 unspecified atom stereocenters. The lowest BCUT2D eigenvalue weighted by Crippen LogP contribution is -2.41. The molecule has 0 aliphatic carbocycles. The van der Waals surface area contributed by atoms with Crippen molar-refractivity contribution in [2.45, 2.75) is 19.4 Å². The summed E-state index contributed by atoms with van der Waals surface area (Å²) in [5.74, 6) is 0.715. The van der Waals surface area contributed by atoms with E-state index in [1.807, 2.05) is 13.0 Å². The average molecular weight is 441 g/mol. The molecule has 0 aromatic heterocycles. The van der Waals surface area contributed by atoms with E-state index in [9.17, 15) is 13.2 Å². The predicted molar refractivity (Wildman–Crippen MR) is 114 cm³/mol. The molecule has 0 spiro atoms. The summed E-state index contributed by atoms with van der Waals surface area (Å²) in [6, 6.07) is 11.3. The molecular formula is C20H25ClN2O5S. The van der Waals surface area contributed by atoms with E-state index in [4.69, 9.17) is 21.1 Å². The highest BCUT2D eigenvalue weighted by Crippen LogP contribution is 2.31. The monoisotopic (exact) mass is 440 g/mol. The lowest BCUT2D eigenvalue weighted by Gasteiger charge is -2.24. The third-order valence-electron chi connectivity index (χ3n) is 4.36. The molecule has 0 aliphatic rings. The average Bonchev–Trinajstić information content (AvgIpc) is 2.69. The van der Waals surface area contributed by atoms with Gasteiger partial charge in [-0.3, -0.25) is 9.10 Å². The zero-order valence-corrected chi connectivity index (χ0v) is 18.4. The van der Waals surface area contributed by atoms with Crippen LogP contribution in [0.3, 0.4) is 0 Å². The number of rotatable bonds is 9. The Labute approximate surface area is 176 Å². The maximum absolute atomic E-state index is 12.7. The molecular weight excluding hydrogens is 416 g/mol. The lowest BCUT2D eigenvalue weighted by molar-refractivity contribution is -0.120. The van der Waals surface area contributed by atoms with E-state index in [0.29, 0.717) is 28.6 Å². The molecule has 7 nitrogen and oxygen atoms in total. The van der Waals surface area contributed by atoms with Gasteiger partial charge in [-0.2, -0.15) is 0 Å². The van der Waals surface area contributed by atoms with Crippen LogP contribution in [0.2, 0.25) is 5.02 Å². The Hall–Kier alpha value is -2.45. The molecule has 1 amide bonds. The third-order valence-corrected chi connectivity index (χ3v) is 5.75. The van der Waals surface area contributed by atoms with E-state index in [1.165, 1.54) is 7.11 Å². The SMILES string of the molecule is CCC(NC(=O)CN(c1ccc(Cl)cc1)S(C)(=O)=O)c1ccc(OC)c(OC)c1. The fourth-order valence-electron chi connectivity index (χ4n) is 2.87. The Morgan fingerprint density at radius 3 is 2.24 bits per heavy atom. The van der Waals surface area contributed by atoms with Crippen LogP contribution in [0.4, 0.5) is 5.69 Å². The molecule has 0 saturated carbocycles. The smallest absolute Gasteiger partial charge is 0.241 e. The fraction of sp³-hybridized carbons (Fsp3) is 0.350. The first-order valence-corrected chi connectivity index (χ1v) is 11.2. The van der Waals surface area contributed by atoms with Gasteiger partial charge in [0.15, 0.2) is 11.5 Å². The molecule has 0 heterocycles. The van der Waals surface area contributed by atoms with E-state index in [-0.39, 0.29) is 12.6 Å². The van der Waals surface area contributed by atoms with E-state index in [1.54, 1.807) is 43.5 Å². The summed E-state index contributed by atoms with van der Waals surface area (Å²) in [4.78, 5) is 12.7. The second-order valence-electron chi connectivity index (χ2n) is 6.39. The van der Waals surface area contributed by atoms with Crippen molar-refractivity contribution in [3.05, 3.63) is 53.1 Å². The van der Waals surface area contributed by atoms with Gasteiger partial charge < -0.3 is 14.8 Å². The molecule has 0 bridgehead atoms. The van der Waals surface area contributed by atoms with Gasteiger partial charge in [0.05, 0.1) is 32.2 Å². The number of anilines is 1. The highest BCUT2D eigenvalue weighted by atomic mass is 35.5. The van der Waals surface area contributed by atoms with Crippen molar-refractivity contribution in [2.24, 2.45) is 0 Å². The first-order chi connectivity index (χ1) is 13.7. The number of nitrogens with zero attached hydrogens (tertiary/aromatic N) is 1. The highest BCUT2D eigenvalue weighted by Gasteiger charge is 2.23. The number of methoxy groups -OCH3 is 2. The Morgan fingerprint density at radius 1 is 1.10 bits per heavy atom. The summed E-state index contributed by atoms with van der Waals surface area (Å²) in [6.07, 6.45) is 1.67. The van der Waals surface area contributed by atoms with Crippen LogP contribution in [0.1, 0.15) is 24.9 Å². The molecule has 0 saturated heterocycles. The molecule has 2 rings (SSSR count). The third kappa shape index (κ3) is 6.01. The standard InChI is InChI=1S/C20H25ClN2O5S/c1-5-17(14-6-11-18(27-2)19(12-14)28-3)22-20(24)13-23(29(4,25)26)16-9-7-15(21)8-10-16/h6-12,17H,5,13H2,1-4H3,(H,22,24). The van der Waals surface area contributed by atoms with Crippen LogP contribution >= 0.6 is 11.6 Å². The Balaban J connectivity index is 2.20. The van der Waals surface area contributed by atoms with Crippen LogP contribution in [-0.2, 0) is 14.8 Å². The lowest BCUT2D eigenvalue weighted by atomic mass is 10.0. The van der Waals surface area contributed by atoms with Crippen molar-refractivity contribution in [1.82, 2.24) is 5.32 Å². The van der Waals surface area contributed by atoms with E-state index >= 15 is 0 Å². The number of carbonyl (C=O) groups is 1. The number of hydrogen-bond acceptors (Lipinski definition) is 5. The first-order valence-electron chi connectivity index (χ1n) is 8.94. The topological polar surface area (TPSA) is 84.9 Å². The quantitative estimate of drug-likeness (QED) is 0.646. The first kappa shape index (κ1) is 22.8. The van der Waals surface area contributed by atoms with E-state index in [0.717, 1.165) is 16.1 Å². The summed E-state index contributed by atoms with van der Waals surface area (Å²) in [7, 11) is -0.572. The zero-order chi connectivity index (χ0) is 21.6. The normalized spacial score (nSPS) is 12.2. The van der Waals surface area contributed by atoms with Crippen molar-refractivity contribution in [3.63, 3.8) is 0 Å². The van der Waals surface area contributed by atoms with E-state index < -0.39 is 15.9 Å². The molecule has 158 valence electrons. The van der Waals surface area contributed by atoms with Crippen molar-refractivity contribution in [2.75, 3.05) is 31.3 Å². The Bertz CT molecular complexity index is 948. The molecule has 9 heteroatoms. The fourth-order valence-corrected chi connectivity index (χ4v) is 3.85. The van der Waals surface area contributed by atoms with Gasteiger partial charge in [0.1, 0.15) is 6.54 Å². The molecule has 0 radical (unpaired) electrons.